The summed E-state index contributed by atoms with van der Waals surface area (Å²) in [7, 11) is 0. The van der Waals surface area contributed by atoms with Crippen molar-refractivity contribution in [3.05, 3.63) is 23.9 Å². The molecule has 1 aromatic heterocycles. The average Bonchev–Trinajstić information content (AvgIpc) is 3.11. The first-order chi connectivity index (χ1) is 8.22. The van der Waals surface area contributed by atoms with Crippen molar-refractivity contribution >= 4 is 5.82 Å². The van der Waals surface area contributed by atoms with Gasteiger partial charge in [-0.1, -0.05) is 6.07 Å². The number of pyridine rings is 1. The van der Waals surface area contributed by atoms with Gasteiger partial charge in [-0.2, -0.15) is 0 Å². The van der Waals surface area contributed by atoms with Crippen LogP contribution in [0.5, 0.6) is 0 Å². The molecule has 1 aromatic rings. The summed E-state index contributed by atoms with van der Waals surface area (Å²) < 4.78 is 0. The topological polar surface area (TPSA) is 42.2 Å². The maximum Gasteiger partial charge on any atom is 0.131 e. The Labute approximate surface area is 104 Å². The van der Waals surface area contributed by atoms with Crippen LogP contribution in [0, 0.1) is 5.92 Å². The number of hydrogen-bond donors (Lipinski definition) is 1. The molecule has 0 spiro atoms. The Morgan fingerprint density at radius 3 is 2.82 bits per heavy atom. The summed E-state index contributed by atoms with van der Waals surface area (Å²) in [6, 6.07) is 4.66. The molecule has 94 valence electrons. The van der Waals surface area contributed by atoms with E-state index in [9.17, 15) is 0 Å². The van der Waals surface area contributed by atoms with Crippen LogP contribution in [0.4, 0.5) is 5.82 Å². The molecule has 3 heteroatoms. The lowest BCUT2D eigenvalue weighted by atomic mass is 10.1. The van der Waals surface area contributed by atoms with Crippen LogP contribution in [-0.2, 0) is 6.42 Å². The second-order valence-corrected chi connectivity index (χ2v) is 5.21. The molecule has 0 amide bonds. The Morgan fingerprint density at radius 2 is 2.24 bits per heavy atom. The lowest BCUT2D eigenvalue weighted by Gasteiger charge is -2.29. The summed E-state index contributed by atoms with van der Waals surface area (Å²) in [4.78, 5) is 7.00. The summed E-state index contributed by atoms with van der Waals surface area (Å²) >= 11 is 0. The van der Waals surface area contributed by atoms with Crippen molar-refractivity contribution in [3.63, 3.8) is 0 Å². The largest absolute Gasteiger partial charge is 0.354 e. The lowest BCUT2D eigenvalue weighted by Crippen LogP contribution is -2.34. The molecule has 0 aliphatic heterocycles. The van der Waals surface area contributed by atoms with Gasteiger partial charge < -0.3 is 10.6 Å². The smallest absolute Gasteiger partial charge is 0.131 e. The summed E-state index contributed by atoms with van der Waals surface area (Å²) in [5, 5.41) is 0. The van der Waals surface area contributed by atoms with Crippen LogP contribution >= 0.6 is 0 Å². The summed E-state index contributed by atoms with van der Waals surface area (Å²) in [5.41, 5.74) is 6.95. The van der Waals surface area contributed by atoms with Crippen LogP contribution in [0.3, 0.4) is 0 Å². The van der Waals surface area contributed by atoms with Gasteiger partial charge in [-0.15, -0.1) is 0 Å². The number of anilines is 1. The number of aromatic nitrogens is 1. The van der Waals surface area contributed by atoms with Crippen LogP contribution in [0.2, 0.25) is 0 Å². The van der Waals surface area contributed by atoms with Crippen LogP contribution in [0.1, 0.15) is 32.3 Å². The van der Waals surface area contributed by atoms with Gasteiger partial charge in [-0.25, -0.2) is 4.98 Å². The molecule has 17 heavy (non-hydrogen) atoms. The molecule has 2 N–H and O–H groups in total. The molecule has 0 bridgehead atoms. The highest BCUT2D eigenvalue weighted by atomic mass is 15.2. The van der Waals surface area contributed by atoms with Crippen molar-refractivity contribution in [1.29, 1.82) is 0 Å². The van der Waals surface area contributed by atoms with E-state index >= 15 is 0 Å². The predicted octanol–water partition coefficient (Wildman–Crippen LogP) is 2.21. The Hall–Kier alpha value is -1.09. The minimum atomic E-state index is 0.502. The van der Waals surface area contributed by atoms with E-state index in [1.165, 1.54) is 18.4 Å². The molecule has 0 unspecified atom stereocenters. The fourth-order valence-electron chi connectivity index (χ4n) is 2.16. The fourth-order valence-corrected chi connectivity index (χ4v) is 2.16. The summed E-state index contributed by atoms with van der Waals surface area (Å²) in [6.45, 7) is 6.31. The Bertz CT molecular complexity index is 358. The zero-order valence-electron chi connectivity index (χ0n) is 10.9. The highest BCUT2D eigenvalue weighted by Crippen LogP contribution is 2.32. The molecule has 0 atom stereocenters. The molecule has 1 fully saturated rings. The molecule has 1 heterocycles. The number of rotatable bonds is 6. The number of nitrogens with two attached hydrogens (primary N) is 1. The first-order valence-corrected chi connectivity index (χ1v) is 6.63. The zero-order chi connectivity index (χ0) is 12.3. The van der Waals surface area contributed by atoms with E-state index in [-0.39, 0.29) is 0 Å². The second kappa shape index (κ2) is 5.50. The van der Waals surface area contributed by atoms with E-state index in [0.29, 0.717) is 12.6 Å². The first-order valence-electron chi connectivity index (χ1n) is 6.63. The molecule has 3 nitrogen and oxygen atoms in total. The third-order valence-corrected chi connectivity index (χ3v) is 3.33. The van der Waals surface area contributed by atoms with Crippen LogP contribution in [0.15, 0.2) is 18.3 Å². The van der Waals surface area contributed by atoms with Crippen LogP contribution < -0.4 is 10.6 Å². The van der Waals surface area contributed by atoms with Gasteiger partial charge in [0.1, 0.15) is 5.82 Å². The molecule has 0 saturated heterocycles. The van der Waals surface area contributed by atoms with Crippen molar-refractivity contribution in [3.8, 4) is 0 Å². The maximum absolute atomic E-state index is 5.67. The van der Waals surface area contributed by atoms with Crippen molar-refractivity contribution in [2.24, 2.45) is 11.7 Å². The fraction of sp³-hybridized carbons (Fsp3) is 0.643. The average molecular weight is 233 g/mol. The summed E-state index contributed by atoms with van der Waals surface area (Å²) in [5.74, 6) is 2.02. The van der Waals surface area contributed by atoms with Gasteiger partial charge in [0.2, 0.25) is 0 Å². The quantitative estimate of drug-likeness (QED) is 0.819. The van der Waals surface area contributed by atoms with Gasteiger partial charge in [0.25, 0.3) is 0 Å². The lowest BCUT2D eigenvalue weighted by molar-refractivity contribution is 0.633. The van der Waals surface area contributed by atoms with Crippen molar-refractivity contribution in [2.45, 2.75) is 39.2 Å². The van der Waals surface area contributed by atoms with Gasteiger partial charge >= 0.3 is 0 Å². The summed E-state index contributed by atoms with van der Waals surface area (Å²) in [6.07, 6.45) is 5.55. The maximum atomic E-state index is 5.67. The molecule has 1 saturated carbocycles. The van der Waals surface area contributed by atoms with Crippen molar-refractivity contribution < 1.29 is 0 Å². The van der Waals surface area contributed by atoms with E-state index in [2.05, 4.69) is 29.8 Å². The van der Waals surface area contributed by atoms with Crippen LogP contribution in [-0.4, -0.2) is 24.1 Å². The number of hydrogen-bond acceptors (Lipinski definition) is 3. The van der Waals surface area contributed by atoms with E-state index in [0.717, 1.165) is 24.7 Å². The van der Waals surface area contributed by atoms with Crippen LogP contribution in [0.25, 0.3) is 0 Å². The normalized spacial score (nSPS) is 15.3. The van der Waals surface area contributed by atoms with E-state index in [1.54, 1.807) is 0 Å². The third-order valence-electron chi connectivity index (χ3n) is 3.33. The third kappa shape index (κ3) is 3.19. The predicted molar refractivity (Wildman–Crippen MR) is 72.2 cm³/mol. The Morgan fingerprint density at radius 1 is 1.47 bits per heavy atom. The Kier molecular flexibility index (Phi) is 4.00. The first kappa shape index (κ1) is 12.4. The second-order valence-electron chi connectivity index (χ2n) is 5.21. The molecular weight excluding hydrogens is 210 g/mol. The Balaban J connectivity index is 2.20. The van der Waals surface area contributed by atoms with E-state index in [4.69, 9.17) is 5.73 Å². The molecule has 1 aliphatic carbocycles. The standard InChI is InChI=1S/C14H23N3/c1-11(2)17(10-12-5-6-12)14-13(7-8-15)4-3-9-16-14/h3-4,9,11-12H,5-8,10,15H2,1-2H3. The highest BCUT2D eigenvalue weighted by molar-refractivity contribution is 5.48. The molecule has 2 rings (SSSR count). The van der Waals surface area contributed by atoms with Gasteiger partial charge in [-0.3, -0.25) is 0 Å². The van der Waals surface area contributed by atoms with Gasteiger partial charge in [0.15, 0.2) is 0 Å². The minimum absolute atomic E-state index is 0.502. The van der Waals surface area contributed by atoms with E-state index in [1.807, 2.05) is 12.3 Å². The van der Waals surface area contributed by atoms with Gasteiger partial charge in [0, 0.05) is 18.8 Å². The molecule has 1 aliphatic rings. The van der Waals surface area contributed by atoms with E-state index < -0.39 is 0 Å². The van der Waals surface area contributed by atoms with Crippen molar-refractivity contribution in [1.82, 2.24) is 4.98 Å². The van der Waals surface area contributed by atoms with Gasteiger partial charge in [0.05, 0.1) is 0 Å². The van der Waals surface area contributed by atoms with Gasteiger partial charge in [-0.05, 0) is 57.2 Å². The molecular formula is C14H23N3. The zero-order valence-corrected chi connectivity index (χ0v) is 10.9. The highest BCUT2D eigenvalue weighted by Gasteiger charge is 2.27. The van der Waals surface area contributed by atoms with Crippen molar-refractivity contribution in [2.75, 3.05) is 18.0 Å². The SMILES string of the molecule is CC(C)N(CC1CC1)c1ncccc1CCN. The molecule has 0 radical (unpaired) electrons. The molecule has 0 aromatic carbocycles. The number of nitrogens with zero attached hydrogens (tertiary/aromatic N) is 2. The monoisotopic (exact) mass is 233 g/mol. The minimum Gasteiger partial charge on any atom is -0.354 e.